The van der Waals surface area contributed by atoms with Crippen LogP contribution in [0, 0.1) is 29.3 Å². The molecule has 4 N–H and O–H groups in total. The number of anilines is 1. The number of hydrogen-bond donors (Lipinski definition) is 4. The molecule has 12 heteroatoms. The van der Waals surface area contributed by atoms with Crippen LogP contribution in [0.5, 0.6) is 0 Å². The van der Waals surface area contributed by atoms with Gasteiger partial charge in [-0.25, -0.2) is 21.6 Å². The van der Waals surface area contributed by atoms with Gasteiger partial charge in [-0.05, 0) is 56.2 Å². The van der Waals surface area contributed by atoms with Gasteiger partial charge in [0.15, 0.2) is 27.3 Å². The van der Waals surface area contributed by atoms with E-state index >= 15 is 0 Å². The van der Waals surface area contributed by atoms with Gasteiger partial charge < -0.3 is 20.6 Å². The predicted octanol–water partition coefficient (Wildman–Crippen LogP) is 3.05. The Morgan fingerprint density at radius 3 is 2.20 bits per heavy atom. The van der Waals surface area contributed by atoms with Crippen molar-refractivity contribution in [3.63, 3.8) is 0 Å². The molecule has 7 nitrogen and oxygen atoms in total. The van der Waals surface area contributed by atoms with Crippen molar-refractivity contribution < 1.29 is 41.7 Å². The highest BCUT2D eigenvalue weighted by molar-refractivity contribution is 7.92. The van der Waals surface area contributed by atoms with Crippen molar-refractivity contribution in [2.75, 3.05) is 5.32 Å². The first-order valence-electron chi connectivity index (χ1n) is 10.8. The minimum absolute atomic E-state index is 0.0278. The molecule has 0 aliphatic heterocycles. The highest BCUT2D eigenvalue weighted by atomic mass is 35.5. The standard InChI is InChI=1S/C23H23ClF3NO6S/c1-10(29)21(30)23(32)12-5-13(23)7-15(6-12)35(33,34)19-4-11(2-3-16(19)24)22(31)28-14-8-17(25)20(27)18(26)9-14/h2-4,8-10,12-13,15,21,29-30,32H,5-7H2,1H3,(H,28,31)/t10-,12?,13?,15-,21+,23-/m0/s1. The molecular weight excluding hydrogens is 511 g/mol. The number of nitrogens with one attached hydrogen (secondary N) is 1. The largest absolute Gasteiger partial charge is 0.391 e. The van der Waals surface area contributed by atoms with E-state index in [1.807, 2.05) is 0 Å². The first kappa shape index (κ1) is 25.9. The highest BCUT2D eigenvalue weighted by Gasteiger charge is 2.63. The first-order valence-corrected chi connectivity index (χ1v) is 12.8. The number of carbonyl (C=O) groups excluding carboxylic acids is 1. The van der Waals surface area contributed by atoms with Crippen LogP contribution in [0.1, 0.15) is 36.5 Å². The molecule has 35 heavy (non-hydrogen) atoms. The topological polar surface area (TPSA) is 124 Å². The Balaban J connectivity index is 1.57. The number of carbonyl (C=O) groups is 1. The second-order valence-corrected chi connectivity index (χ2v) is 11.8. The van der Waals surface area contributed by atoms with Crippen LogP contribution in [-0.2, 0) is 9.84 Å². The molecule has 0 spiro atoms. The number of amides is 1. The number of fused-ring (bicyclic) bond motifs is 2. The summed E-state index contributed by atoms with van der Waals surface area (Å²) in [5.74, 6) is -6.68. The third-order valence-corrected chi connectivity index (χ3v) is 9.74. The third-order valence-electron chi connectivity index (χ3n) is 7.08. The van der Waals surface area contributed by atoms with E-state index in [0.717, 1.165) is 6.07 Å². The Labute approximate surface area is 204 Å². The third kappa shape index (κ3) is 4.33. The van der Waals surface area contributed by atoms with E-state index in [4.69, 9.17) is 11.6 Å². The van der Waals surface area contributed by atoms with Gasteiger partial charge in [0.05, 0.1) is 26.9 Å². The van der Waals surface area contributed by atoms with Crippen LogP contribution in [0.4, 0.5) is 18.9 Å². The van der Waals surface area contributed by atoms with Crippen molar-refractivity contribution in [3.05, 3.63) is 58.4 Å². The van der Waals surface area contributed by atoms with E-state index in [2.05, 4.69) is 5.32 Å². The van der Waals surface area contributed by atoms with Gasteiger partial charge in [-0.1, -0.05) is 11.6 Å². The minimum Gasteiger partial charge on any atom is -0.391 e. The lowest BCUT2D eigenvalue weighted by molar-refractivity contribution is -0.249. The number of benzene rings is 2. The summed E-state index contributed by atoms with van der Waals surface area (Å²) in [5, 5.41) is 31.9. The summed E-state index contributed by atoms with van der Waals surface area (Å²) in [6, 6.07) is 4.64. The van der Waals surface area contributed by atoms with E-state index in [9.17, 15) is 41.7 Å². The second kappa shape index (κ2) is 9.04. The minimum atomic E-state index is -4.08. The summed E-state index contributed by atoms with van der Waals surface area (Å²) in [4.78, 5) is 12.3. The number of sulfone groups is 1. The fraction of sp³-hybridized carbons (Fsp3) is 0.435. The molecule has 2 unspecified atom stereocenters. The summed E-state index contributed by atoms with van der Waals surface area (Å²) in [7, 11) is -4.08. The number of halogens is 4. The molecule has 3 fully saturated rings. The fourth-order valence-electron chi connectivity index (χ4n) is 5.19. The van der Waals surface area contributed by atoms with Crippen molar-refractivity contribution in [2.24, 2.45) is 11.8 Å². The van der Waals surface area contributed by atoms with Crippen LogP contribution < -0.4 is 5.32 Å². The zero-order valence-electron chi connectivity index (χ0n) is 18.4. The lowest BCUT2D eigenvalue weighted by Crippen LogP contribution is -2.69. The average Bonchev–Trinajstić information content (AvgIpc) is 2.81. The molecule has 5 rings (SSSR count). The maximum absolute atomic E-state index is 13.4. The Kier molecular flexibility index (Phi) is 6.69. The normalized spacial score (nSPS) is 27.6. The van der Waals surface area contributed by atoms with Gasteiger partial charge in [-0.15, -0.1) is 0 Å². The Hall–Kier alpha value is -2.18. The predicted molar refractivity (Wildman–Crippen MR) is 120 cm³/mol. The molecule has 3 aliphatic carbocycles. The molecule has 190 valence electrons. The van der Waals surface area contributed by atoms with Crippen molar-refractivity contribution in [1.29, 1.82) is 0 Å². The van der Waals surface area contributed by atoms with Crippen LogP contribution in [0.15, 0.2) is 35.2 Å². The van der Waals surface area contributed by atoms with Gasteiger partial charge >= 0.3 is 0 Å². The molecule has 2 bridgehead atoms. The maximum atomic E-state index is 13.4. The highest BCUT2D eigenvalue weighted by Crippen LogP contribution is 2.57. The summed E-state index contributed by atoms with van der Waals surface area (Å²) in [6.45, 7) is 1.34. The Morgan fingerprint density at radius 2 is 1.66 bits per heavy atom. The number of aliphatic hydroxyl groups excluding tert-OH is 2. The van der Waals surface area contributed by atoms with Gasteiger partial charge in [-0.2, -0.15) is 0 Å². The Bertz CT molecular complexity index is 1250. The smallest absolute Gasteiger partial charge is 0.255 e. The monoisotopic (exact) mass is 533 g/mol. The van der Waals surface area contributed by atoms with Crippen molar-refractivity contribution in [3.8, 4) is 0 Å². The van der Waals surface area contributed by atoms with Crippen molar-refractivity contribution in [1.82, 2.24) is 0 Å². The molecule has 3 saturated carbocycles. The second-order valence-electron chi connectivity index (χ2n) is 9.19. The van der Waals surface area contributed by atoms with Crippen molar-refractivity contribution >= 4 is 33.0 Å². The molecular formula is C23H23ClF3NO6S. The first-order chi connectivity index (χ1) is 16.3. The lowest BCUT2D eigenvalue weighted by atomic mass is 9.51. The molecule has 0 heterocycles. The number of aliphatic hydroxyl groups is 3. The molecule has 2 aromatic carbocycles. The Morgan fingerprint density at radius 1 is 1.09 bits per heavy atom. The van der Waals surface area contributed by atoms with Crippen LogP contribution in [0.3, 0.4) is 0 Å². The van der Waals surface area contributed by atoms with Crippen LogP contribution in [0.2, 0.25) is 5.02 Å². The summed E-state index contributed by atoms with van der Waals surface area (Å²) < 4.78 is 66.8. The maximum Gasteiger partial charge on any atom is 0.255 e. The molecule has 2 aromatic rings. The van der Waals surface area contributed by atoms with Crippen LogP contribution >= 0.6 is 11.6 Å². The summed E-state index contributed by atoms with van der Waals surface area (Å²) >= 11 is 6.15. The quantitative estimate of drug-likeness (QED) is 0.423. The van der Waals surface area contributed by atoms with Crippen molar-refractivity contribution in [2.45, 2.75) is 54.1 Å². The van der Waals surface area contributed by atoms with E-state index in [1.54, 1.807) is 0 Å². The van der Waals surface area contributed by atoms with Gasteiger partial charge in [0, 0.05) is 23.4 Å². The van der Waals surface area contributed by atoms with Crippen LogP contribution in [-0.4, -0.2) is 52.7 Å². The molecule has 0 aromatic heterocycles. The lowest BCUT2D eigenvalue weighted by Gasteiger charge is -2.60. The zero-order valence-corrected chi connectivity index (χ0v) is 20.0. The van der Waals surface area contributed by atoms with E-state index < -0.39 is 68.1 Å². The van der Waals surface area contributed by atoms with Gasteiger partial charge in [0.2, 0.25) is 0 Å². The van der Waals surface area contributed by atoms with Crippen LogP contribution in [0.25, 0.3) is 0 Å². The van der Waals surface area contributed by atoms with E-state index in [0.29, 0.717) is 18.6 Å². The molecule has 0 saturated heterocycles. The molecule has 4 atom stereocenters. The van der Waals surface area contributed by atoms with E-state index in [-0.39, 0.29) is 34.0 Å². The van der Waals surface area contributed by atoms with Gasteiger partial charge in [0.25, 0.3) is 5.91 Å². The fourth-order valence-corrected chi connectivity index (χ4v) is 7.59. The summed E-state index contributed by atoms with van der Waals surface area (Å²) in [6.07, 6.45) is -2.04. The summed E-state index contributed by atoms with van der Waals surface area (Å²) in [5.41, 5.74) is -2.11. The van der Waals surface area contributed by atoms with Gasteiger partial charge in [-0.3, -0.25) is 4.79 Å². The molecule has 1 amide bonds. The number of hydrogen-bond acceptors (Lipinski definition) is 6. The SMILES string of the molecule is C[C@H](O)[C@@H](O)[C@]1(O)C2CC1C[C@@H](S(=O)(=O)c1cc(C(=O)Nc3cc(F)c(F)c(F)c3)ccc1Cl)C2. The van der Waals surface area contributed by atoms with E-state index in [1.165, 1.54) is 19.1 Å². The van der Waals surface area contributed by atoms with Gasteiger partial charge in [0.1, 0.15) is 6.10 Å². The number of rotatable bonds is 6. The average molecular weight is 534 g/mol. The molecule has 0 radical (unpaired) electrons. The zero-order chi connectivity index (χ0) is 25.9. The molecule has 3 aliphatic rings.